The Hall–Kier alpha value is -2.84. The normalized spacial score (nSPS) is 18.0. The van der Waals surface area contributed by atoms with Crippen LogP contribution in [-0.2, 0) is 4.74 Å². The molecule has 0 bridgehead atoms. The topological polar surface area (TPSA) is 67.4 Å². The molecule has 172 valence electrons. The second kappa shape index (κ2) is 11.2. The average molecular weight is 443 g/mol. The third kappa shape index (κ3) is 5.89. The van der Waals surface area contributed by atoms with E-state index in [1.807, 2.05) is 31.2 Å². The van der Waals surface area contributed by atoms with Crippen molar-refractivity contribution >= 4 is 11.6 Å². The number of fused-ring (bicyclic) bond motifs is 1. The van der Waals surface area contributed by atoms with Crippen LogP contribution in [0.5, 0.6) is 11.5 Å². The minimum atomic E-state index is -0.234. The average Bonchev–Trinajstić information content (AvgIpc) is 3.05. The van der Waals surface area contributed by atoms with Crippen LogP contribution in [-0.4, -0.2) is 63.5 Å². The number of aliphatic imine (C=N–C) groups is 1. The molecule has 1 fully saturated rings. The van der Waals surface area contributed by atoms with Crippen LogP contribution in [0.25, 0.3) is 0 Å². The summed E-state index contributed by atoms with van der Waals surface area (Å²) in [7, 11) is 0. The van der Waals surface area contributed by atoms with E-state index in [4.69, 9.17) is 19.2 Å². The molecular weight excluding hydrogens is 411 g/mol. The Balaban J connectivity index is 1.52. The van der Waals surface area contributed by atoms with Gasteiger partial charge in [-0.25, -0.2) is 4.39 Å². The summed E-state index contributed by atoms with van der Waals surface area (Å²) >= 11 is 0. The van der Waals surface area contributed by atoms with Crippen LogP contribution in [0.4, 0.5) is 10.1 Å². The standard InChI is InChI=1S/C24H31FN4O3/c1-2-26-24(28-20-7-8-22-23(16-20)32-12-4-11-31-22)27-17-21(29-9-13-30-14-10-29)18-5-3-6-19(25)15-18/h3,5-8,15-16,21H,2,4,9-14,17H2,1H3,(H2,26,27,28). The maximum Gasteiger partial charge on any atom is 0.195 e. The molecule has 2 aliphatic rings. The van der Waals surface area contributed by atoms with Crippen LogP contribution in [0.3, 0.4) is 0 Å². The fraction of sp³-hybridized carbons (Fsp3) is 0.458. The zero-order valence-electron chi connectivity index (χ0n) is 18.5. The molecule has 7 nitrogen and oxygen atoms in total. The van der Waals surface area contributed by atoms with Crippen molar-refractivity contribution in [3.8, 4) is 11.5 Å². The van der Waals surface area contributed by atoms with Crippen LogP contribution in [0.15, 0.2) is 47.5 Å². The van der Waals surface area contributed by atoms with Gasteiger partial charge in [-0.1, -0.05) is 12.1 Å². The zero-order chi connectivity index (χ0) is 22.2. The lowest BCUT2D eigenvalue weighted by atomic mass is 10.0. The predicted molar refractivity (Wildman–Crippen MR) is 123 cm³/mol. The van der Waals surface area contributed by atoms with Crippen molar-refractivity contribution in [2.75, 3.05) is 57.9 Å². The van der Waals surface area contributed by atoms with Gasteiger partial charge in [0, 0.05) is 37.8 Å². The van der Waals surface area contributed by atoms with Crippen molar-refractivity contribution in [1.29, 1.82) is 0 Å². The Morgan fingerprint density at radius 1 is 1.06 bits per heavy atom. The van der Waals surface area contributed by atoms with E-state index in [1.54, 1.807) is 12.1 Å². The van der Waals surface area contributed by atoms with Crippen LogP contribution >= 0.6 is 0 Å². The number of guanidine groups is 1. The van der Waals surface area contributed by atoms with Crippen molar-refractivity contribution < 1.29 is 18.6 Å². The number of morpholine rings is 1. The molecule has 0 radical (unpaired) electrons. The third-order valence-corrected chi connectivity index (χ3v) is 5.50. The van der Waals surface area contributed by atoms with Gasteiger partial charge >= 0.3 is 0 Å². The molecule has 2 heterocycles. The number of halogens is 1. The molecule has 2 aromatic rings. The molecule has 4 rings (SSSR count). The van der Waals surface area contributed by atoms with Gasteiger partial charge in [-0.05, 0) is 36.8 Å². The van der Waals surface area contributed by atoms with E-state index in [0.717, 1.165) is 48.8 Å². The van der Waals surface area contributed by atoms with Gasteiger partial charge in [-0.3, -0.25) is 9.89 Å². The fourth-order valence-corrected chi connectivity index (χ4v) is 3.90. The fourth-order valence-electron chi connectivity index (χ4n) is 3.90. The number of hydrogen-bond donors (Lipinski definition) is 2. The van der Waals surface area contributed by atoms with Gasteiger partial charge in [0.15, 0.2) is 17.5 Å². The maximum atomic E-state index is 13.9. The van der Waals surface area contributed by atoms with Crippen molar-refractivity contribution in [2.45, 2.75) is 19.4 Å². The van der Waals surface area contributed by atoms with E-state index in [2.05, 4.69) is 15.5 Å². The molecule has 8 heteroatoms. The number of hydrogen-bond acceptors (Lipinski definition) is 5. The molecule has 0 amide bonds. The minimum Gasteiger partial charge on any atom is -0.490 e. The highest BCUT2D eigenvalue weighted by molar-refractivity contribution is 5.94. The maximum absolute atomic E-state index is 13.9. The molecule has 2 aliphatic heterocycles. The van der Waals surface area contributed by atoms with Crippen LogP contribution in [0, 0.1) is 5.82 Å². The first-order chi connectivity index (χ1) is 15.7. The smallest absolute Gasteiger partial charge is 0.195 e. The highest BCUT2D eigenvalue weighted by atomic mass is 19.1. The second-order valence-electron chi connectivity index (χ2n) is 7.78. The molecular formula is C24H31FN4O3. The second-order valence-corrected chi connectivity index (χ2v) is 7.78. The summed E-state index contributed by atoms with van der Waals surface area (Å²) in [5.41, 5.74) is 1.78. The van der Waals surface area contributed by atoms with Crippen LogP contribution in [0.1, 0.15) is 24.9 Å². The largest absolute Gasteiger partial charge is 0.490 e. The number of nitrogens with one attached hydrogen (secondary N) is 2. The van der Waals surface area contributed by atoms with Gasteiger partial charge < -0.3 is 24.8 Å². The third-order valence-electron chi connectivity index (χ3n) is 5.50. The molecule has 2 N–H and O–H groups in total. The first-order valence-corrected chi connectivity index (χ1v) is 11.2. The van der Waals surface area contributed by atoms with Gasteiger partial charge in [0.25, 0.3) is 0 Å². The molecule has 32 heavy (non-hydrogen) atoms. The summed E-state index contributed by atoms with van der Waals surface area (Å²) in [5, 5.41) is 6.65. The molecule has 1 unspecified atom stereocenters. The summed E-state index contributed by atoms with van der Waals surface area (Å²) in [4.78, 5) is 7.14. The lowest BCUT2D eigenvalue weighted by Gasteiger charge is -2.34. The lowest BCUT2D eigenvalue weighted by Crippen LogP contribution is -2.41. The quantitative estimate of drug-likeness (QED) is 0.528. The summed E-state index contributed by atoms with van der Waals surface area (Å²) in [5.74, 6) is 1.92. The van der Waals surface area contributed by atoms with Crippen LogP contribution in [0.2, 0.25) is 0 Å². The number of rotatable bonds is 6. The molecule has 0 aromatic heterocycles. The monoisotopic (exact) mass is 442 g/mol. The number of benzene rings is 2. The Morgan fingerprint density at radius 3 is 2.66 bits per heavy atom. The van der Waals surface area contributed by atoms with E-state index >= 15 is 0 Å². The number of anilines is 1. The Labute approximate surface area is 188 Å². The van der Waals surface area contributed by atoms with E-state index in [9.17, 15) is 4.39 Å². The van der Waals surface area contributed by atoms with Crippen molar-refractivity contribution in [2.24, 2.45) is 4.99 Å². The first kappa shape index (κ1) is 22.4. The predicted octanol–water partition coefficient (Wildman–Crippen LogP) is 3.44. The minimum absolute atomic E-state index is 0.0335. The molecule has 0 aliphatic carbocycles. The molecule has 1 atom stereocenters. The van der Waals surface area contributed by atoms with E-state index in [-0.39, 0.29) is 11.9 Å². The van der Waals surface area contributed by atoms with Gasteiger partial charge in [-0.15, -0.1) is 0 Å². The van der Waals surface area contributed by atoms with Crippen molar-refractivity contribution in [3.63, 3.8) is 0 Å². The number of nitrogens with zero attached hydrogens (tertiary/aromatic N) is 2. The Bertz CT molecular complexity index is 918. The lowest BCUT2D eigenvalue weighted by molar-refractivity contribution is 0.0179. The SMILES string of the molecule is CCNC(=NCC(c1cccc(F)c1)N1CCOCC1)Nc1ccc2c(c1)OCCCO2. The summed E-state index contributed by atoms with van der Waals surface area (Å²) < 4.78 is 31.0. The Morgan fingerprint density at radius 2 is 1.88 bits per heavy atom. The van der Waals surface area contributed by atoms with Crippen molar-refractivity contribution in [1.82, 2.24) is 10.2 Å². The Kier molecular flexibility index (Phi) is 7.79. The summed E-state index contributed by atoms with van der Waals surface area (Å²) in [6.07, 6.45) is 0.866. The summed E-state index contributed by atoms with van der Waals surface area (Å²) in [6, 6.07) is 12.5. The zero-order valence-corrected chi connectivity index (χ0v) is 18.5. The number of ether oxygens (including phenoxy) is 3. The van der Waals surface area contributed by atoms with Crippen LogP contribution < -0.4 is 20.1 Å². The molecule has 0 spiro atoms. The van der Waals surface area contributed by atoms with Crippen molar-refractivity contribution in [3.05, 3.63) is 53.8 Å². The molecule has 0 saturated carbocycles. The van der Waals surface area contributed by atoms with E-state index in [1.165, 1.54) is 6.07 Å². The molecule has 2 aromatic carbocycles. The van der Waals surface area contributed by atoms with Gasteiger partial charge in [0.2, 0.25) is 0 Å². The van der Waals surface area contributed by atoms with Gasteiger partial charge in [0.1, 0.15) is 5.82 Å². The van der Waals surface area contributed by atoms with Gasteiger partial charge in [-0.2, -0.15) is 0 Å². The highest BCUT2D eigenvalue weighted by Crippen LogP contribution is 2.32. The highest BCUT2D eigenvalue weighted by Gasteiger charge is 2.23. The first-order valence-electron chi connectivity index (χ1n) is 11.2. The van der Waals surface area contributed by atoms with Gasteiger partial charge in [0.05, 0.1) is 39.0 Å². The summed E-state index contributed by atoms with van der Waals surface area (Å²) in [6.45, 7) is 7.47. The molecule has 1 saturated heterocycles. The van der Waals surface area contributed by atoms with E-state index in [0.29, 0.717) is 38.9 Å². The van der Waals surface area contributed by atoms with E-state index < -0.39 is 0 Å².